The van der Waals surface area contributed by atoms with Gasteiger partial charge in [-0.1, -0.05) is 11.8 Å². The summed E-state index contributed by atoms with van der Waals surface area (Å²) in [5.41, 5.74) is 0.718. The van der Waals surface area contributed by atoms with Crippen LogP contribution < -0.4 is 0 Å². The number of hydrogen-bond donors (Lipinski definition) is 1. The van der Waals surface area contributed by atoms with Crippen molar-refractivity contribution < 1.29 is 9.90 Å². The summed E-state index contributed by atoms with van der Waals surface area (Å²) in [5.74, 6) is 0.517. The molecule has 0 saturated heterocycles. The molecule has 0 spiro atoms. The van der Waals surface area contributed by atoms with E-state index in [1.165, 1.54) is 0 Å². The molecule has 0 heterocycles. The fourth-order valence-electron chi connectivity index (χ4n) is 0.101. The first kappa shape index (κ1) is 5.98. The van der Waals surface area contributed by atoms with Gasteiger partial charge >= 0.3 is 0 Å². The predicted octanol–water partition coefficient (Wildman–Crippen LogP) is -0.0979. The van der Waals surface area contributed by atoms with E-state index in [-0.39, 0.29) is 6.61 Å². The highest BCUT2D eigenvalue weighted by molar-refractivity contribution is 8.11. The summed E-state index contributed by atoms with van der Waals surface area (Å²) >= 11 is 1.08. The number of carbonyl (C=O) groups is 1. The molecule has 0 radical (unpaired) electrons. The van der Waals surface area contributed by atoms with Gasteiger partial charge in [0.15, 0.2) is 5.62 Å². The van der Waals surface area contributed by atoms with Crippen LogP contribution in [0.15, 0.2) is 0 Å². The number of aliphatic hydroxyl groups excluding tert-OH is 1. The number of thioether (sulfide) groups is 1. The van der Waals surface area contributed by atoms with Crippen LogP contribution in [0.25, 0.3) is 0 Å². The molecule has 0 aliphatic heterocycles. The van der Waals surface area contributed by atoms with Gasteiger partial charge in [0, 0.05) is 5.75 Å². The third kappa shape index (κ3) is 3.98. The van der Waals surface area contributed by atoms with Crippen LogP contribution in [0.2, 0.25) is 0 Å². The van der Waals surface area contributed by atoms with Crippen LogP contribution in [-0.2, 0) is 4.79 Å². The minimum Gasteiger partial charge on any atom is -0.396 e. The quantitative estimate of drug-likeness (QED) is 0.403. The van der Waals surface area contributed by atoms with Crippen molar-refractivity contribution in [2.24, 2.45) is 0 Å². The summed E-state index contributed by atoms with van der Waals surface area (Å²) in [4.78, 5) is 9.42. The van der Waals surface area contributed by atoms with Crippen LogP contribution in [0.3, 0.4) is 0 Å². The van der Waals surface area contributed by atoms with Crippen molar-refractivity contribution in [3.8, 4) is 0 Å². The fourth-order valence-corrected chi connectivity index (χ4v) is 0.302. The van der Waals surface area contributed by atoms with E-state index in [1.807, 2.05) is 0 Å². The largest absolute Gasteiger partial charge is 0.396 e. The van der Waals surface area contributed by atoms with Crippen molar-refractivity contribution in [2.75, 3.05) is 12.4 Å². The molecular weight excluding hydrogens is 100 g/mol. The van der Waals surface area contributed by atoms with Gasteiger partial charge in [0.05, 0.1) is 6.61 Å². The first-order valence-electron chi connectivity index (χ1n) is 1.58. The molecule has 0 atom stereocenters. The van der Waals surface area contributed by atoms with Crippen LogP contribution >= 0.6 is 11.8 Å². The molecule has 0 aromatic carbocycles. The van der Waals surface area contributed by atoms with E-state index in [0.717, 1.165) is 17.4 Å². The second-order valence-corrected chi connectivity index (χ2v) is 1.62. The molecule has 3 heteroatoms. The van der Waals surface area contributed by atoms with Crippen LogP contribution in [0.4, 0.5) is 0 Å². The molecule has 0 aliphatic rings. The lowest BCUT2D eigenvalue weighted by Crippen LogP contribution is -1.83. The second kappa shape index (κ2) is 4.98. The molecule has 0 aromatic heterocycles. The zero-order valence-corrected chi connectivity index (χ0v) is 4.07. The van der Waals surface area contributed by atoms with Gasteiger partial charge in [-0.2, -0.15) is 0 Å². The van der Waals surface area contributed by atoms with E-state index in [4.69, 9.17) is 5.11 Å². The standard InChI is InChI=1S/C3H6O2S/c4-1-2-6-3-5/h3-4H,1-2H2. The van der Waals surface area contributed by atoms with Gasteiger partial charge in [-0.3, -0.25) is 4.79 Å². The highest BCUT2D eigenvalue weighted by atomic mass is 32.2. The van der Waals surface area contributed by atoms with Crippen LogP contribution in [0, 0.1) is 0 Å². The van der Waals surface area contributed by atoms with Crippen molar-refractivity contribution in [3.63, 3.8) is 0 Å². The summed E-state index contributed by atoms with van der Waals surface area (Å²) in [6, 6.07) is 0. The Balaban J connectivity index is 2.49. The molecule has 36 valence electrons. The van der Waals surface area contributed by atoms with Crippen LogP contribution in [-0.4, -0.2) is 23.1 Å². The van der Waals surface area contributed by atoms with Gasteiger partial charge in [0.2, 0.25) is 0 Å². The Morgan fingerprint density at radius 2 is 2.50 bits per heavy atom. The van der Waals surface area contributed by atoms with Gasteiger partial charge in [0.1, 0.15) is 0 Å². The molecule has 0 rings (SSSR count). The molecule has 1 N–H and O–H groups in total. The topological polar surface area (TPSA) is 37.3 Å². The highest BCUT2D eigenvalue weighted by Gasteiger charge is 1.75. The molecule has 0 saturated carbocycles. The van der Waals surface area contributed by atoms with E-state index < -0.39 is 0 Å². The van der Waals surface area contributed by atoms with Gasteiger partial charge in [-0.05, 0) is 0 Å². The second-order valence-electron chi connectivity index (χ2n) is 0.691. The summed E-state index contributed by atoms with van der Waals surface area (Å²) in [6.45, 7) is 0.0867. The van der Waals surface area contributed by atoms with Crippen LogP contribution in [0.5, 0.6) is 0 Å². The molecular formula is C3H6O2S. The minimum atomic E-state index is 0.0867. The molecule has 0 amide bonds. The lowest BCUT2D eigenvalue weighted by atomic mass is 10.9. The third-order valence-corrected chi connectivity index (χ3v) is 0.832. The van der Waals surface area contributed by atoms with Gasteiger partial charge < -0.3 is 5.11 Å². The zero-order chi connectivity index (χ0) is 4.83. The van der Waals surface area contributed by atoms with Crippen LogP contribution in [0.1, 0.15) is 0 Å². The van der Waals surface area contributed by atoms with E-state index in [2.05, 4.69) is 0 Å². The average Bonchev–Trinajstić information content (AvgIpc) is 1.61. The lowest BCUT2D eigenvalue weighted by Gasteiger charge is -1.79. The average molecular weight is 106 g/mol. The molecule has 2 nitrogen and oxygen atoms in total. The van der Waals surface area contributed by atoms with E-state index in [0.29, 0.717) is 5.75 Å². The molecule has 6 heavy (non-hydrogen) atoms. The summed E-state index contributed by atoms with van der Waals surface area (Å²) < 4.78 is 0. The van der Waals surface area contributed by atoms with Crippen molar-refractivity contribution >= 4 is 17.4 Å². The Bertz CT molecular complexity index is 37.8. The van der Waals surface area contributed by atoms with Crippen molar-refractivity contribution in [1.82, 2.24) is 0 Å². The first-order valence-corrected chi connectivity index (χ1v) is 2.63. The Morgan fingerprint density at radius 3 is 2.67 bits per heavy atom. The van der Waals surface area contributed by atoms with Gasteiger partial charge in [0.25, 0.3) is 0 Å². The molecule has 0 fully saturated rings. The smallest absolute Gasteiger partial charge is 0.176 e. The molecule has 0 aliphatic carbocycles. The Hall–Kier alpha value is -0.0200. The van der Waals surface area contributed by atoms with Crippen molar-refractivity contribution in [1.29, 1.82) is 0 Å². The number of aliphatic hydroxyl groups is 1. The number of hydrogen-bond acceptors (Lipinski definition) is 3. The maximum absolute atomic E-state index is 9.42. The molecule has 0 bridgehead atoms. The summed E-state index contributed by atoms with van der Waals surface area (Å²) in [7, 11) is 0. The Morgan fingerprint density at radius 1 is 1.83 bits per heavy atom. The SMILES string of the molecule is O=CSCCO. The number of rotatable bonds is 3. The Kier molecular flexibility index (Phi) is 4.96. The van der Waals surface area contributed by atoms with E-state index in [9.17, 15) is 4.79 Å². The fraction of sp³-hybridized carbons (Fsp3) is 0.667. The normalized spacial score (nSPS) is 8.17. The van der Waals surface area contributed by atoms with E-state index >= 15 is 0 Å². The Labute approximate surface area is 40.5 Å². The highest BCUT2D eigenvalue weighted by Crippen LogP contribution is 1.87. The number of carbonyl (C=O) groups excluding carboxylic acids is 1. The molecule has 0 unspecified atom stereocenters. The van der Waals surface area contributed by atoms with Crippen molar-refractivity contribution in [3.05, 3.63) is 0 Å². The lowest BCUT2D eigenvalue weighted by molar-refractivity contribution is 0.322. The summed E-state index contributed by atoms with van der Waals surface area (Å²) in [5, 5.41) is 8.02. The van der Waals surface area contributed by atoms with Crippen molar-refractivity contribution in [2.45, 2.75) is 0 Å². The third-order valence-electron chi connectivity index (χ3n) is 0.277. The van der Waals surface area contributed by atoms with E-state index in [1.54, 1.807) is 0 Å². The maximum Gasteiger partial charge on any atom is 0.176 e. The summed E-state index contributed by atoms with van der Waals surface area (Å²) in [6.07, 6.45) is 0. The zero-order valence-electron chi connectivity index (χ0n) is 3.26. The monoisotopic (exact) mass is 106 g/mol. The minimum absolute atomic E-state index is 0.0867. The maximum atomic E-state index is 9.42. The predicted molar refractivity (Wildman–Crippen MR) is 26.3 cm³/mol. The molecule has 0 aromatic rings. The van der Waals surface area contributed by atoms with Gasteiger partial charge in [-0.15, -0.1) is 0 Å². The van der Waals surface area contributed by atoms with Gasteiger partial charge in [-0.25, -0.2) is 0 Å². The first-order chi connectivity index (χ1) is 2.91.